The third-order valence-electron chi connectivity index (χ3n) is 6.43. The van der Waals surface area contributed by atoms with Crippen molar-refractivity contribution in [2.45, 2.75) is 57.7 Å². The number of aromatic nitrogens is 6. The summed E-state index contributed by atoms with van der Waals surface area (Å²) in [6.07, 6.45) is 2.77. The Morgan fingerprint density at radius 3 is 2.36 bits per heavy atom. The molecule has 11 heteroatoms. The zero-order valence-corrected chi connectivity index (χ0v) is 19.7. The zero-order chi connectivity index (χ0) is 24.0. The second kappa shape index (κ2) is 8.29. The van der Waals surface area contributed by atoms with Crippen LogP contribution in [-0.2, 0) is 7.05 Å². The average Bonchev–Trinajstić information content (AvgIpc) is 3.14. The van der Waals surface area contributed by atoms with Gasteiger partial charge in [0.15, 0.2) is 17.5 Å². The fourth-order valence-electron chi connectivity index (χ4n) is 4.59. The average molecular weight is 458 g/mol. The van der Waals surface area contributed by atoms with Crippen molar-refractivity contribution >= 4 is 17.5 Å². The Morgan fingerprint density at radius 2 is 1.73 bits per heavy atom. The van der Waals surface area contributed by atoms with Gasteiger partial charge < -0.3 is 10.6 Å². The maximum Gasteiger partial charge on any atom is 0.229 e. The summed E-state index contributed by atoms with van der Waals surface area (Å²) in [4.78, 5) is 10.7. The number of tetrazole rings is 1. The Kier molecular flexibility index (Phi) is 5.77. The summed E-state index contributed by atoms with van der Waals surface area (Å²) >= 11 is 0. The largest absolute Gasteiger partial charge is 0.365 e. The molecule has 0 atom stereocenters. The van der Waals surface area contributed by atoms with Crippen LogP contribution in [0.15, 0.2) is 24.4 Å². The minimum Gasteiger partial charge on any atom is -0.365 e. The topological polar surface area (TPSA) is 96.7 Å². The molecule has 1 aromatic carbocycles. The number of halogens is 2. The number of rotatable bonds is 5. The van der Waals surface area contributed by atoms with Crippen LogP contribution in [0, 0.1) is 11.6 Å². The van der Waals surface area contributed by atoms with E-state index in [1.807, 2.05) is 0 Å². The van der Waals surface area contributed by atoms with E-state index in [0.717, 1.165) is 19.0 Å². The lowest BCUT2D eigenvalue weighted by atomic mass is 9.77. The molecule has 2 aromatic heterocycles. The quantitative estimate of drug-likeness (QED) is 0.598. The summed E-state index contributed by atoms with van der Waals surface area (Å²) in [5.41, 5.74) is 0.765. The van der Waals surface area contributed by atoms with E-state index in [1.165, 1.54) is 16.8 Å². The number of hydrogen-bond acceptors (Lipinski definition) is 8. The van der Waals surface area contributed by atoms with E-state index in [4.69, 9.17) is 0 Å². The molecule has 33 heavy (non-hydrogen) atoms. The van der Waals surface area contributed by atoms with Crippen molar-refractivity contribution in [2.75, 3.05) is 17.7 Å². The lowest BCUT2D eigenvalue weighted by Gasteiger charge is -2.53. The highest BCUT2D eigenvalue weighted by Crippen LogP contribution is 2.38. The third kappa shape index (κ3) is 4.77. The third-order valence-corrected chi connectivity index (χ3v) is 6.43. The van der Waals surface area contributed by atoms with Gasteiger partial charge in [-0.25, -0.2) is 18.4 Å². The van der Waals surface area contributed by atoms with E-state index in [1.54, 1.807) is 13.1 Å². The summed E-state index contributed by atoms with van der Waals surface area (Å²) < 4.78 is 30.3. The Bertz CT molecular complexity index is 1140. The fourth-order valence-corrected chi connectivity index (χ4v) is 4.59. The van der Waals surface area contributed by atoms with Crippen LogP contribution in [0.5, 0.6) is 0 Å². The molecule has 1 aliphatic heterocycles. The van der Waals surface area contributed by atoms with Crippen LogP contribution in [0.4, 0.5) is 26.2 Å². The molecule has 1 aliphatic rings. The number of likely N-dealkylation sites (tertiary alicyclic amines) is 1. The van der Waals surface area contributed by atoms with Gasteiger partial charge in [-0.2, -0.15) is 4.98 Å². The predicted octanol–water partition coefficient (Wildman–Crippen LogP) is 3.75. The number of benzene rings is 1. The maximum absolute atomic E-state index is 14.6. The zero-order valence-electron chi connectivity index (χ0n) is 19.7. The van der Waals surface area contributed by atoms with E-state index in [-0.39, 0.29) is 28.9 Å². The van der Waals surface area contributed by atoms with Gasteiger partial charge in [0, 0.05) is 35.4 Å². The van der Waals surface area contributed by atoms with E-state index in [9.17, 15) is 8.78 Å². The molecule has 3 aromatic rings. The summed E-state index contributed by atoms with van der Waals surface area (Å²) in [5.74, 6) is -0.345. The molecule has 0 saturated carbocycles. The molecule has 3 heterocycles. The van der Waals surface area contributed by atoms with Crippen LogP contribution in [0.2, 0.25) is 0 Å². The Labute approximate surface area is 191 Å². The molecule has 2 N–H and O–H groups in total. The number of piperidine rings is 1. The van der Waals surface area contributed by atoms with Gasteiger partial charge in [-0.15, -0.1) is 5.10 Å². The minimum absolute atomic E-state index is 0.0348. The first-order chi connectivity index (χ1) is 15.4. The van der Waals surface area contributed by atoms with Gasteiger partial charge in [0.1, 0.15) is 5.82 Å². The molecule has 4 rings (SSSR count). The standard InChI is InChI=1S/C22H29F2N9/c1-21(2)10-16(11-22(3,4)33(21)6)26-18-17(24)12-25-20(28-18)27-15-8-13(7-14(23)9-15)19-29-30-31-32(19)5/h7-9,12,16H,10-11H2,1-6H3,(H2,25,26,27,28). The second-order valence-electron chi connectivity index (χ2n) is 9.80. The van der Waals surface area contributed by atoms with Gasteiger partial charge in [-0.1, -0.05) is 0 Å². The number of hydrogen-bond donors (Lipinski definition) is 2. The van der Waals surface area contributed by atoms with Crippen LogP contribution in [0.3, 0.4) is 0 Å². The van der Waals surface area contributed by atoms with Crippen LogP contribution in [0.1, 0.15) is 40.5 Å². The van der Waals surface area contributed by atoms with Crippen molar-refractivity contribution in [2.24, 2.45) is 7.05 Å². The van der Waals surface area contributed by atoms with Crippen molar-refractivity contribution in [3.63, 3.8) is 0 Å². The van der Waals surface area contributed by atoms with E-state index in [2.05, 4.69) is 75.8 Å². The van der Waals surface area contributed by atoms with Gasteiger partial charge in [0.2, 0.25) is 5.95 Å². The molecule has 0 aliphatic carbocycles. The molecule has 176 valence electrons. The highest BCUT2D eigenvalue weighted by Gasteiger charge is 2.43. The van der Waals surface area contributed by atoms with E-state index in [0.29, 0.717) is 17.1 Å². The van der Waals surface area contributed by atoms with Gasteiger partial charge in [-0.05, 0) is 76.2 Å². The van der Waals surface area contributed by atoms with Gasteiger partial charge in [0.25, 0.3) is 0 Å². The molecule has 0 unspecified atom stereocenters. The number of anilines is 3. The molecule has 9 nitrogen and oxygen atoms in total. The molecule has 1 saturated heterocycles. The van der Waals surface area contributed by atoms with Crippen molar-refractivity contribution in [1.82, 2.24) is 35.1 Å². The Balaban J connectivity index is 1.56. The number of nitrogens with zero attached hydrogens (tertiary/aromatic N) is 7. The molecule has 0 amide bonds. The van der Waals surface area contributed by atoms with Gasteiger partial charge in [0.05, 0.1) is 6.20 Å². The minimum atomic E-state index is -0.541. The van der Waals surface area contributed by atoms with Crippen molar-refractivity contribution in [3.05, 3.63) is 36.0 Å². The monoisotopic (exact) mass is 457 g/mol. The Morgan fingerprint density at radius 1 is 1.03 bits per heavy atom. The highest BCUT2D eigenvalue weighted by atomic mass is 19.1. The van der Waals surface area contributed by atoms with Crippen molar-refractivity contribution in [1.29, 1.82) is 0 Å². The first-order valence-electron chi connectivity index (χ1n) is 10.8. The molecule has 0 spiro atoms. The summed E-state index contributed by atoms with van der Waals surface area (Å²) in [7, 11) is 3.79. The first-order valence-corrected chi connectivity index (χ1v) is 10.8. The van der Waals surface area contributed by atoms with Gasteiger partial charge >= 0.3 is 0 Å². The van der Waals surface area contributed by atoms with Crippen LogP contribution < -0.4 is 10.6 Å². The highest BCUT2D eigenvalue weighted by molar-refractivity contribution is 5.65. The van der Waals surface area contributed by atoms with Crippen molar-refractivity contribution in [3.8, 4) is 11.4 Å². The molecule has 1 fully saturated rings. The van der Waals surface area contributed by atoms with Crippen LogP contribution in [0.25, 0.3) is 11.4 Å². The predicted molar refractivity (Wildman–Crippen MR) is 122 cm³/mol. The Hall–Kier alpha value is -3.21. The normalized spacial score (nSPS) is 18.3. The fraction of sp³-hybridized carbons (Fsp3) is 0.500. The molecular weight excluding hydrogens is 428 g/mol. The van der Waals surface area contributed by atoms with Crippen LogP contribution >= 0.6 is 0 Å². The lowest BCUT2D eigenvalue weighted by molar-refractivity contribution is -0.00778. The first kappa shape index (κ1) is 23.0. The van der Waals surface area contributed by atoms with Crippen molar-refractivity contribution < 1.29 is 8.78 Å². The maximum atomic E-state index is 14.6. The molecule has 0 bridgehead atoms. The number of nitrogens with one attached hydrogen (secondary N) is 2. The van der Waals surface area contributed by atoms with Crippen LogP contribution in [-0.4, -0.2) is 59.2 Å². The summed E-state index contributed by atoms with van der Waals surface area (Å²) in [5, 5.41) is 17.5. The summed E-state index contributed by atoms with van der Waals surface area (Å²) in [6, 6.07) is 4.35. The molecule has 0 radical (unpaired) electrons. The second-order valence-corrected chi connectivity index (χ2v) is 9.80. The molecular formula is C22H29F2N9. The summed E-state index contributed by atoms with van der Waals surface area (Å²) in [6.45, 7) is 8.72. The smallest absolute Gasteiger partial charge is 0.229 e. The number of aryl methyl sites for hydroxylation is 1. The van der Waals surface area contributed by atoms with Gasteiger partial charge in [-0.3, -0.25) is 4.90 Å². The lowest BCUT2D eigenvalue weighted by Crippen LogP contribution is -2.61. The van der Waals surface area contributed by atoms with E-state index < -0.39 is 11.6 Å². The van der Waals surface area contributed by atoms with E-state index >= 15 is 0 Å². The SMILES string of the molecule is CN1C(C)(C)CC(Nc2nc(Nc3cc(F)cc(-c4nnnn4C)c3)ncc2F)CC1(C)C.